The molecular weight excluding hydrogens is 334 g/mol. The Morgan fingerprint density at radius 1 is 1.48 bits per heavy atom. The van der Waals surface area contributed by atoms with Gasteiger partial charge in [0.1, 0.15) is 12.3 Å². The second kappa shape index (κ2) is 6.25. The zero-order valence-electron chi connectivity index (χ0n) is 12.5. The highest BCUT2D eigenvalue weighted by atomic mass is 79.9. The quantitative estimate of drug-likeness (QED) is 0.694. The molecule has 0 bridgehead atoms. The van der Waals surface area contributed by atoms with Gasteiger partial charge in [-0.15, -0.1) is 0 Å². The number of rotatable bonds is 5. The topological polar surface area (TPSA) is 66.1 Å². The second-order valence-electron chi connectivity index (χ2n) is 5.95. The lowest BCUT2D eigenvalue weighted by Crippen LogP contribution is -3.08. The molecule has 21 heavy (non-hydrogen) atoms. The molecule has 1 heterocycles. The van der Waals surface area contributed by atoms with E-state index in [1.54, 1.807) is 6.92 Å². The number of hydrogen-bond donors (Lipinski definition) is 3. The highest BCUT2D eigenvalue weighted by molar-refractivity contribution is 9.10. The van der Waals surface area contributed by atoms with Gasteiger partial charge in [-0.3, -0.25) is 4.79 Å². The van der Waals surface area contributed by atoms with Crippen LogP contribution in [0.25, 0.3) is 0 Å². The van der Waals surface area contributed by atoms with Crippen LogP contribution in [0.4, 0.5) is 0 Å². The Kier molecular flexibility index (Phi) is 4.81. The summed E-state index contributed by atoms with van der Waals surface area (Å²) in [7, 11) is 3.81. The van der Waals surface area contributed by atoms with Crippen LogP contribution in [0.2, 0.25) is 0 Å². The molecular formula is C15H21BrN3O2+. The zero-order chi connectivity index (χ0) is 15.6. The van der Waals surface area contributed by atoms with E-state index in [4.69, 9.17) is 0 Å². The number of aliphatic hydroxyl groups is 1. The van der Waals surface area contributed by atoms with Crippen molar-refractivity contribution >= 4 is 27.4 Å². The van der Waals surface area contributed by atoms with Crippen LogP contribution in [0.15, 0.2) is 33.8 Å². The molecule has 0 unspecified atom stereocenters. The van der Waals surface area contributed by atoms with Gasteiger partial charge in [0, 0.05) is 11.0 Å². The summed E-state index contributed by atoms with van der Waals surface area (Å²) in [4.78, 5) is 13.6. The first-order valence-corrected chi connectivity index (χ1v) is 7.72. The van der Waals surface area contributed by atoms with Gasteiger partial charge < -0.3 is 15.4 Å². The van der Waals surface area contributed by atoms with Crippen molar-refractivity contribution in [3.63, 3.8) is 0 Å². The summed E-state index contributed by atoms with van der Waals surface area (Å²) < 4.78 is 0.991. The van der Waals surface area contributed by atoms with Crippen LogP contribution in [0.1, 0.15) is 18.4 Å². The van der Waals surface area contributed by atoms with E-state index in [0.717, 1.165) is 14.9 Å². The minimum absolute atomic E-state index is 0.116. The predicted molar refractivity (Wildman–Crippen MR) is 85.6 cm³/mol. The van der Waals surface area contributed by atoms with Crippen molar-refractivity contribution < 1.29 is 14.8 Å². The Morgan fingerprint density at radius 3 is 2.67 bits per heavy atom. The average molecular weight is 355 g/mol. The lowest BCUT2D eigenvalue weighted by Gasteiger charge is -2.24. The molecule has 0 aliphatic carbocycles. The lowest BCUT2D eigenvalue weighted by atomic mass is 9.86. The van der Waals surface area contributed by atoms with E-state index in [2.05, 4.69) is 26.5 Å². The van der Waals surface area contributed by atoms with E-state index >= 15 is 0 Å². The summed E-state index contributed by atoms with van der Waals surface area (Å²) >= 11 is 3.40. The molecule has 0 saturated heterocycles. The molecule has 1 aliphatic rings. The Bertz CT molecular complexity index is 553. The molecule has 6 heteroatoms. The standard InChI is InChI=1S/C15H20BrN3O2/c1-15(21,9-19(2)3)14(20)13-12(8-17-18-13)10-4-6-11(16)7-5-10/h4-7,12,17,21H,8-9H2,1-3H3/p+1/t12-,15+/m0/s1. The SMILES string of the molecule is C[NH+](C)C[C@@](C)(O)C(=O)C1=NNC[C@H]1c1ccc(Br)cc1. The maximum absolute atomic E-state index is 12.6. The fourth-order valence-electron chi connectivity index (χ4n) is 2.62. The maximum atomic E-state index is 12.6. The van der Waals surface area contributed by atoms with Crippen molar-refractivity contribution in [3.05, 3.63) is 34.3 Å². The van der Waals surface area contributed by atoms with E-state index in [9.17, 15) is 9.90 Å². The van der Waals surface area contributed by atoms with E-state index in [1.807, 2.05) is 38.4 Å². The fraction of sp³-hybridized carbons (Fsp3) is 0.467. The predicted octanol–water partition coefficient (Wildman–Crippen LogP) is -0.0435. The van der Waals surface area contributed by atoms with Gasteiger partial charge in [0.05, 0.1) is 20.0 Å². The number of halogens is 1. The van der Waals surface area contributed by atoms with Gasteiger partial charge in [-0.05, 0) is 24.6 Å². The number of carbonyl (C=O) groups excluding carboxylic acids is 1. The molecule has 0 fully saturated rings. The van der Waals surface area contributed by atoms with Gasteiger partial charge in [0.25, 0.3) is 0 Å². The summed E-state index contributed by atoms with van der Waals surface area (Å²) in [6.45, 7) is 2.48. The normalized spacial score (nSPS) is 20.9. The molecule has 1 aromatic rings. The van der Waals surface area contributed by atoms with Crippen LogP contribution in [0.5, 0.6) is 0 Å². The summed E-state index contributed by atoms with van der Waals surface area (Å²) in [6.07, 6.45) is 0. The molecule has 5 nitrogen and oxygen atoms in total. The van der Waals surface area contributed by atoms with Gasteiger partial charge in [0.15, 0.2) is 5.60 Å². The fourth-order valence-corrected chi connectivity index (χ4v) is 2.89. The number of likely N-dealkylation sites (N-methyl/N-ethyl adjacent to an activating group) is 1. The Balaban J connectivity index is 2.22. The first kappa shape index (κ1) is 16.1. The van der Waals surface area contributed by atoms with Gasteiger partial charge in [-0.2, -0.15) is 5.10 Å². The van der Waals surface area contributed by atoms with Crippen molar-refractivity contribution in [2.24, 2.45) is 5.10 Å². The number of ketones is 1. The maximum Gasteiger partial charge on any atom is 0.216 e. The Hall–Kier alpha value is -1.24. The van der Waals surface area contributed by atoms with Crippen molar-refractivity contribution in [2.75, 3.05) is 27.2 Å². The molecule has 1 aliphatic heterocycles. The first-order chi connectivity index (χ1) is 9.81. The first-order valence-electron chi connectivity index (χ1n) is 6.93. The van der Waals surface area contributed by atoms with E-state index in [0.29, 0.717) is 18.8 Å². The van der Waals surface area contributed by atoms with E-state index in [-0.39, 0.29) is 11.7 Å². The summed E-state index contributed by atoms with van der Waals surface area (Å²) in [6, 6.07) is 7.82. The average Bonchev–Trinajstić information content (AvgIpc) is 2.86. The number of hydrazone groups is 1. The van der Waals surface area contributed by atoms with Crippen molar-refractivity contribution in [2.45, 2.75) is 18.4 Å². The molecule has 2 atom stereocenters. The molecule has 3 N–H and O–H groups in total. The summed E-state index contributed by atoms with van der Waals surface area (Å²) in [5, 5.41) is 14.6. The van der Waals surface area contributed by atoms with Crippen LogP contribution >= 0.6 is 15.9 Å². The van der Waals surface area contributed by atoms with Crippen molar-refractivity contribution in [1.82, 2.24) is 5.43 Å². The Labute approximate surface area is 133 Å². The van der Waals surface area contributed by atoms with Crippen LogP contribution < -0.4 is 10.3 Å². The van der Waals surface area contributed by atoms with Gasteiger partial charge in [-0.25, -0.2) is 0 Å². The number of nitrogens with one attached hydrogen (secondary N) is 2. The largest absolute Gasteiger partial charge is 0.376 e. The number of carbonyl (C=O) groups is 1. The molecule has 1 aromatic carbocycles. The van der Waals surface area contributed by atoms with Crippen LogP contribution in [-0.2, 0) is 4.79 Å². The van der Waals surface area contributed by atoms with Crippen LogP contribution in [-0.4, -0.2) is 49.4 Å². The third-order valence-electron chi connectivity index (χ3n) is 3.52. The minimum Gasteiger partial charge on any atom is -0.376 e. The summed E-state index contributed by atoms with van der Waals surface area (Å²) in [5.74, 6) is -0.421. The van der Waals surface area contributed by atoms with Gasteiger partial charge in [-0.1, -0.05) is 28.1 Å². The molecule has 0 saturated carbocycles. The smallest absolute Gasteiger partial charge is 0.216 e. The highest BCUT2D eigenvalue weighted by Gasteiger charge is 2.41. The highest BCUT2D eigenvalue weighted by Crippen LogP contribution is 2.24. The van der Waals surface area contributed by atoms with Crippen LogP contribution in [0.3, 0.4) is 0 Å². The number of quaternary nitrogens is 1. The molecule has 0 radical (unpaired) electrons. The third-order valence-corrected chi connectivity index (χ3v) is 4.05. The lowest BCUT2D eigenvalue weighted by molar-refractivity contribution is -0.863. The van der Waals surface area contributed by atoms with Gasteiger partial charge >= 0.3 is 0 Å². The van der Waals surface area contributed by atoms with Gasteiger partial charge in [0.2, 0.25) is 5.78 Å². The van der Waals surface area contributed by atoms with Crippen molar-refractivity contribution in [1.29, 1.82) is 0 Å². The zero-order valence-corrected chi connectivity index (χ0v) is 14.1. The molecule has 0 spiro atoms. The molecule has 0 aromatic heterocycles. The number of nitrogens with zero attached hydrogens (tertiary/aromatic N) is 1. The van der Waals surface area contributed by atoms with E-state index < -0.39 is 5.60 Å². The summed E-state index contributed by atoms with van der Waals surface area (Å²) in [5.41, 5.74) is 2.90. The third kappa shape index (κ3) is 3.70. The molecule has 2 rings (SSSR count). The molecule has 114 valence electrons. The van der Waals surface area contributed by atoms with Crippen LogP contribution in [0, 0.1) is 0 Å². The number of hydrogen-bond acceptors (Lipinski definition) is 4. The Morgan fingerprint density at radius 2 is 2.10 bits per heavy atom. The second-order valence-corrected chi connectivity index (χ2v) is 6.87. The van der Waals surface area contributed by atoms with Crippen molar-refractivity contribution in [3.8, 4) is 0 Å². The molecule has 0 amide bonds. The minimum atomic E-state index is -1.41. The number of Topliss-reactive ketones (excluding diaryl/α,β-unsaturated/α-hetero) is 1. The van der Waals surface area contributed by atoms with E-state index in [1.165, 1.54) is 0 Å². The monoisotopic (exact) mass is 354 g/mol. The number of benzene rings is 1.